The SMILES string of the molecule is COC(=O)c1ccc(CN2C(=O)C(=O)/C(=C(/O)c3cc(C)cc(Cl)c3OC)C2c2ccccc2C)cc1. The van der Waals surface area contributed by atoms with Gasteiger partial charge in [0.25, 0.3) is 11.7 Å². The van der Waals surface area contributed by atoms with Crippen LogP contribution in [0.2, 0.25) is 5.02 Å². The molecule has 8 heteroatoms. The van der Waals surface area contributed by atoms with E-state index in [9.17, 15) is 19.5 Å². The van der Waals surface area contributed by atoms with Crippen molar-refractivity contribution in [1.29, 1.82) is 0 Å². The van der Waals surface area contributed by atoms with Crippen LogP contribution < -0.4 is 4.74 Å². The molecule has 37 heavy (non-hydrogen) atoms. The molecule has 0 spiro atoms. The third kappa shape index (κ3) is 4.82. The fourth-order valence-electron chi connectivity index (χ4n) is 4.58. The van der Waals surface area contributed by atoms with Crippen molar-refractivity contribution in [1.82, 2.24) is 4.90 Å². The Balaban J connectivity index is 1.88. The summed E-state index contributed by atoms with van der Waals surface area (Å²) in [6.45, 7) is 3.76. The van der Waals surface area contributed by atoms with Crippen molar-refractivity contribution < 1.29 is 29.0 Å². The average molecular weight is 520 g/mol. The van der Waals surface area contributed by atoms with Gasteiger partial charge < -0.3 is 19.5 Å². The summed E-state index contributed by atoms with van der Waals surface area (Å²) in [5.74, 6) is -2.19. The summed E-state index contributed by atoms with van der Waals surface area (Å²) in [5, 5.41) is 11.8. The number of amides is 1. The number of esters is 1. The molecule has 1 atom stereocenters. The first-order valence-corrected chi connectivity index (χ1v) is 11.9. The Kier molecular flexibility index (Phi) is 7.36. The molecule has 1 amide bonds. The molecule has 0 bridgehead atoms. The third-order valence-corrected chi connectivity index (χ3v) is 6.68. The van der Waals surface area contributed by atoms with Crippen LogP contribution in [-0.4, -0.2) is 41.9 Å². The Hall–Kier alpha value is -4.10. The standard InChI is InChI=1S/C29H26ClNO6/c1-16-13-21(27(36-3)22(30)14-16)25(32)23-24(20-8-6-5-7-17(20)2)31(28(34)26(23)33)15-18-9-11-19(12-10-18)29(35)37-4/h5-14,24,32H,15H2,1-4H3/b25-23+. The molecule has 1 saturated heterocycles. The number of hydrogen-bond donors (Lipinski definition) is 1. The Bertz CT molecular complexity index is 1430. The second kappa shape index (κ2) is 10.5. The summed E-state index contributed by atoms with van der Waals surface area (Å²) >= 11 is 6.36. The maximum atomic E-state index is 13.4. The van der Waals surface area contributed by atoms with Crippen molar-refractivity contribution >= 4 is 35.0 Å². The predicted octanol–water partition coefficient (Wildman–Crippen LogP) is 5.37. The highest BCUT2D eigenvalue weighted by molar-refractivity contribution is 6.46. The molecule has 4 rings (SSSR count). The number of aliphatic hydroxyl groups excluding tert-OH is 1. The number of rotatable bonds is 6. The second-order valence-electron chi connectivity index (χ2n) is 8.80. The van der Waals surface area contributed by atoms with E-state index in [1.54, 1.807) is 43.3 Å². The molecule has 0 aromatic heterocycles. The van der Waals surface area contributed by atoms with Crippen molar-refractivity contribution in [3.8, 4) is 5.75 Å². The smallest absolute Gasteiger partial charge is 0.337 e. The number of aliphatic hydroxyl groups is 1. The van der Waals surface area contributed by atoms with Gasteiger partial charge in [0.05, 0.1) is 42.0 Å². The van der Waals surface area contributed by atoms with Gasteiger partial charge in [-0.1, -0.05) is 48.0 Å². The molecule has 190 valence electrons. The van der Waals surface area contributed by atoms with Crippen LogP contribution in [-0.2, 0) is 20.9 Å². The average Bonchev–Trinajstić information content (AvgIpc) is 3.13. The first-order valence-electron chi connectivity index (χ1n) is 11.5. The zero-order valence-electron chi connectivity index (χ0n) is 20.9. The molecular formula is C29H26ClNO6. The largest absolute Gasteiger partial charge is 0.507 e. The van der Waals surface area contributed by atoms with Crippen molar-refractivity contribution in [2.45, 2.75) is 26.4 Å². The highest BCUT2D eigenvalue weighted by atomic mass is 35.5. The molecule has 7 nitrogen and oxygen atoms in total. The summed E-state index contributed by atoms with van der Waals surface area (Å²) in [5.41, 5.74) is 3.54. The molecule has 1 aliphatic rings. The number of halogens is 1. The molecular weight excluding hydrogens is 494 g/mol. The monoisotopic (exact) mass is 519 g/mol. The fourth-order valence-corrected chi connectivity index (χ4v) is 4.93. The lowest BCUT2D eigenvalue weighted by atomic mass is 9.92. The maximum absolute atomic E-state index is 13.4. The normalized spacial score (nSPS) is 16.7. The number of likely N-dealkylation sites (tertiary alicyclic amines) is 1. The van der Waals surface area contributed by atoms with E-state index in [0.29, 0.717) is 16.7 Å². The zero-order chi connectivity index (χ0) is 26.9. The van der Waals surface area contributed by atoms with Crippen molar-refractivity contribution in [2.75, 3.05) is 14.2 Å². The molecule has 1 heterocycles. The summed E-state index contributed by atoms with van der Waals surface area (Å²) in [6.07, 6.45) is 0. The van der Waals surface area contributed by atoms with Gasteiger partial charge in [0.2, 0.25) is 0 Å². The summed E-state index contributed by atoms with van der Waals surface area (Å²) in [4.78, 5) is 40.0. The highest BCUT2D eigenvalue weighted by Gasteiger charge is 2.46. The van der Waals surface area contributed by atoms with Crippen LogP contribution >= 0.6 is 11.6 Å². The van der Waals surface area contributed by atoms with Crippen LogP contribution in [0.5, 0.6) is 5.75 Å². The maximum Gasteiger partial charge on any atom is 0.337 e. The van der Waals surface area contributed by atoms with Gasteiger partial charge in [-0.05, 0) is 60.4 Å². The van der Waals surface area contributed by atoms with E-state index in [0.717, 1.165) is 11.1 Å². The quantitative estimate of drug-likeness (QED) is 0.203. The Morgan fingerprint density at radius 1 is 1.03 bits per heavy atom. The number of ether oxygens (including phenoxy) is 2. The van der Waals surface area contributed by atoms with Gasteiger partial charge in [0.1, 0.15) is 11.5 Å². The van der Waals surface area contributed by atoms with E-state index in [4.69, 9.17) is 21.1 Å². The predicted molar refractivity (Wildman–Crippen MR) is 140 cm³/mol. The van der Waals surface area contributed by atoms with Gasteiger partial charge in [-0.15, -0.1) is 0 Å². The van der Waals surface area contributed by atoms with Gasteiger partial charge in [-0.25, -0.2) is 4.79 Å². The molecule has 3 aromatic rings. The molecule has 3 aromatic carbocycles. The molecule has 0 radical (unpaired) electrons. The number of carbonyl (C=O) groups excluding carboxylic acids is 3. The number of Topliss-reactive ketones (excluding diaryl/α,β-unsaturated/α-hetero) is 1. The van der Waals surface area contributed by atoms with Crippen LogP contribution in [0, 0.1) is 13.8 Å². The van der Waals surface area contributed by atoms with Crippen molar-refractivity contribution in [2.24, 2.45) is 0 Å². The van der Waals surface area contributed by atoms with E-state index in [1.165, 1.54) is 19.1 Å². The minimum Gasteiger partial charge on any atom is -0.507 e. The lowest BCUT2D eigenvalue weighted by molar-refractivity contribution is -0.140. The topological polar surface area (TPSA) is 93.1 Å². The summed E-state index contributed by atoms with van der Waals surface area (Å²) in [6, 6.07) is 16.5. The van der Waals surface area contributed by atoms with E-state index in [2.05, 4.69) is 0 Å². The molecule has 1 aliphatic heterocycles. The minimum absolute atomic E-state index is 0.0505. The van der Waals surface area contributed by atoms with Gasteiger partial charge in [0.15, 0.2) is 0 Å². The Morgan fingerprint density at radius 2 is 1.70 bits per heavy atom. The molecule has 1 unspecified atom stereocenters. The first kappa shape index (κ1) is 26.0. The number of carbonyl (C=O) groups is 3. The summed E-state index contributed by atoms with van der Waals surface area (Å²) in [7, 11) is 2.72. The number of benzene rings is 3. The van der Waals surface area contributed by atoms with Gasteiger partial charge >= 0.3 is 5.97 Å². The van der Waals surface area contributed by atoms with Crippen LogP contribution in [0.1, 0.15) is 44.2 Å². The van der Waals surface area contributed by atoms with E-state index in [1.807, 2.05) is 31.2 Å². The molecule has 0 saturated carbocycles. The van der Waals surface area contributed by atoms with Gasteiger partial charge in [0, 0.05) is 6.54 Å². The van der Waals surface area contributed by atoms with Crippen molar-refractivity contribution in [3.05, 3.63) is 105 Å². The minimum atomic E-state index is -0.856. The second-order valence-corrected chi connectivity index (χ2v) is 9.21. The number of hydrogen-bond acceptors (Lipinski definition) is 6. The van der Waals surface area contributed by atoms with Crippen LogP contribution in [0.4, 0.5) is 0 Å². The third-order valence-electron chi connectivity index (χ3n) is 6.40. The highest BCUT2D eigenvalue weighted by Crippen LogP contribution is 2.44. The zero-order valence-corrected chi connectivity index (χ0v) is 21.6. The fraction of sp³-hybridized carbons (Fsp3) is 0.207. The summed E-state index contributed by atoms with van der Waals surface area (Å²) < 4.78 is 10.2. The number of aryl methyl sites for hydroxylation is 2. The number of nitrogens with zero attached hydrogens (tertiary/aromatic N) is 1. The number of methoxy groups -OCH3 is 2. The lowest BCUT2D eigenvalue weighted by Crippen LogP contribution is -2.29. The number of ketones is 1. The molecule has 1 fully saturated rings. The van der Waals surface area contributed by atoms with Crippen LogP contribution in [0.15, 0.2) is 66.2 Å². The van der Waals surface area contributed by atoms with E-state index < -0.39 is 23.7 Å². The van der Waals surface area contributed by atoms with E-state index >= 15 is 0 Å². The van der Waals surface area contributed by atoms with Gasteiger partial charge in [-0.3, -0.25) is 9.59 Å². The van der Waals surface area contributed by atoms with Crippen LogP contribution in [0.3, 0.4) is 0 Å². The van der Waals surface area contributed by atoms with Gasteiger partial charge in [-0.2, -0.15) is 0 Å². The Labute approximate surface area is 219 Å². The molecule has 0 aliphatic carbocycles. The van der Waals surface area contributed by atoms with Crippen LogP contribution in [0.25, 0.3) is 5.76 Å². The molecule has 1 N–H and O–H groups in total. The Morgan fingerprint density at radius 3 is 2.32 bits per heavy atom. The van der Waals surface area contributed by atoms with E-state index in [-0.39, 0.29) is 34.2 Å². The van der Waals surface area contributed by atoms with Crippen molar-refractivity contribution in [3.63, 3.8) is 0 Å². The first-order chi connectivity index (χ1) is 17.7. The lowest BCUT2D eigenvalue weighted by Gasteiger charge is -2.27.